The summed E-state index contributed by atoms with van der Waals surface area (Å²) in [4.78, 5) is 12.1. The molecule has 1 saturated carbocycles. The van der Waals surface area contributed by atoms with Crippen molar-refractivity contribution in [2.75, 3.05) is 0 Å². The van der Waals surface area contributed by atoms with Crippen LogP contribution in [0.5, 0.6) is 0 Å². The Morgan fingerprint density at radius 1 is 1.19 bits per heavy atom. The molecule has 0 bridgehead atoms. The van der Waals surface area contributed by atoms with Crippen molar-refractivity contribution in [1.29, 1.82) is 0 Å². The molecule has 0 amide bonds. The van der Waals surface area contributed by atoms with Crippen LogP contribution in [-0.2, 0) is 9.53 Å². The standard InChI is InChI=1S/C14H26O2/c1-5-13(3,4)12(15)16-14(6-2)10-8-7-9-11-14/h5-11H2,1-4H3. The smallest absolute Gasteiger partial charge is 0.312 e. The van der Waals surface area contributed by atoms with Gasteiger partial charge in [0, 0.05) is 0 Å². The van der Waals surface area contributed by atoms with Gasteiger partial charge in [-0.3, -0.25) is 4.79 Å². The van der Waals surface area contributed by atoms with Gasteiger partial charge in [0.25, 0.3) is 0 Å². The summed E-state index contributed by atoms with van der Waals surface area (Å²) >= 11 is 0. The highest BCUT2D eigenvalue weighted by atomic mass is 16.6. The van der Waals surface area contributed by atoms with Crippen molar-refractivity contribution in [3.8, 4) is 0 Å². The third-order valence-corrected chi connectivity index (χ3v) is 4.15. The summed E-state index contributed by atoms with van der Waals surface area (Å²) in [5, 5.41) is 0. The van der Waals surface area contributed by atoms with E-state index < -0.39 is 0 Å². The third-order valence-electron chi connectivity index (χ3n) is 4.15. The third kappa shape index (κ3) is 2.99. The van der Waals surface area contributed by atoms with Crippen LogP contribution in [-0.4, -0.2) is 11.6 Å². The summed E-state index contributed by atoms with van der Waals surface area (Å²) in [7, 11) is 0. The number of carbonyl (C=O) groups is 1. The van der Waals surface area contributed by atoms with Gasteiger partial charge in [-0.1, -0.05) is 20.3 Å². The van der Waals surface area contributed by atoms with Crippen molar-refractivity contribution in [2.45, 2.75) is 78.2 Å². The lowest BCUT2D eigenvalue weighted by Crippen LogP contribution is -2.40. The first kappa shape index (κ1) is 13.5. The average Bonchev–Trinajstić information content (AvgIpc) is 2.30. The molecule has 1 fully saturated rings. The molecule has 2 nitrogen and oxygen atoms in total. The fraction of sp³-hybridized carbons (Fsp3) is 0.929. The van der Waals surface area contributed by atoms with Crippen molar-refractivity contribution in [3.63, 3.8) is 0 Å². The van der Waals surface area contributed by atoms with E-state index >= 15 is 0 Å². The molecule has 94 valence electrons. The van der Waals surface area contributed by atoms with Crippen molar-refractivity contribution >= 4 is 5.97 Å². The van der Waals surface area contributed by atoms with Gasteiger partial charge in [-0.25, -0.2) is 0 Å². The molecule has 0 aromatic rings. The van der Waals surface area contributed by atoms with E-state index in [-0.39, 0.29) is 17.0 Å². The molecule has 0 heterocycles. The maximum Gasteiger partial charge on any atom is 0.312 e. The summed E-state index contributed by atoms with van der Waals surface area (Å²) in [6, 6.07) is 0. The molecule has 16 heavy (non-hydrogen) atoms. The van der Waals surface area contributed by atoms with E-state index in [1.54, 1.807) is 0 Å². The first-order chi connectivity index (χ1) is 7.46. The Bertz CT molecular complexity index is 237. The van der Waals surface area contributed by atoms with Crippen LogP contribution in [0.1, 0.15) is 72.6 Å². The highest BCUT2D eigenvalue weighted by molar-refractivity contribution is 5.76. The topological polar surface area (TPSA) is 26.3 Å². The normalized spacial score (nSPS) is 20.5. The Balaban J connectivity index is 2.66. The Morgan fingerprint density at radius 3 is 2.19 bits per heavy atom. The van der Waals surface area contributed by atoms with Crippen LogP contribution in [0.3, 0.4) is 0 Å². The van der Waals surface area contributed by atoms with Crippen molar-refractivity contribution in [3.05, 3.63) is 0 Å². The lowest BCUT2D eigenvalue weighted by Gasteiger charge is -2.38. The van der Waals surface area contributed by atoms with Gasteiger partial charge in [0.1, 0.15) is 5.60 Å². The molecule has 1 aliphatic carbocycles. The minimum absolute atomic E-state index is 0.0150. The van der Waals surface area contributed by atoms with Gasteiger partial charge in [-0.15, -0.1) is 0 Å². The van der Waals surface area contributed by atoms with Gasteiger partial charge in [-0.2, -0.15) is 0 Å². The first-order valence-corrected chi connectivity index (χ1v) is 6.69. The molecule has 2 heteroatoms. The van der Waals surface area contributed by atoms with Gasteiger partial charge in [0.15, 0.2) is 0 Å². The molecule has 0 spiro atoms. The van der Waals surface area contributed by atoms with E-state index in [1.165, 1.54) is 19.3 Å². The molecular formula is C14H26O2. The number of ether oxygens (including phenoxy) is 1. The number of esters is 1. The minimum Gasteiger partial charge on any atom is -0.459 e. The Hall–Kier alpha value is -0.530. The quantitative estimate of drug-likeness (QED) is 0.675. The SMILES string of the molecule is CCC1(OC(=O)C(C)(C)CC)CCCCC1. The largest absolute Gasteiger partial charge is 0.459 e. The highest BCUT2D eigenvalue weighted by Crippen LogP contribution is 2.36. The van der Waals surface area contributed by atoms with Gasteiger partial charge in [0.2, 0.25) is 0 Å². The molecule has 1 rings (SSSR count). The molecular weight excluding hydrogens is 200 g/mol. The zero-order valence-electron chi connectivity index (χ0n) is 11.3. The summed E-state index contributed by atoms with van der Waals surface area (Å²) in [6.07, 6.45) is 7.59. The van der Waals surface area contributed by atoms with Crippen LogP contribution in [0.15, 0.2) is 0 Å². The summed E-state index contributed by atoms with van der Waals surface area (Å²) in [5.74, 6) is -0.0150. The fourth-order valence-electron chi connectivity index (χ4n) is 2.20. The summed E-state index contributed by atoms with van der Waals surface area (Å²) in [5.41, 5.74) is -0.485. The average molecular weight is 226 g/mol. The predicted octanol–water partition coefficient (Wildman–Crippen LogP) is 4.08. The van der Waals surface area contributed by atoms with E-state index in [2.05, 4.69) is 6.92 Å². The predicted molar refractivity (Wildman–Crippen MR) is 66.3 cm³/mol. The number of hydrogen-bond donors (Lipinski definition) is 0. The minimum atomic E-state index is -0.334. The first-order valence-electron chi connectivity index (χ1n) is 6.69. The molecule has 0 N–H and O–H groups in total. The van der Waals surface area contributed by atoms with E-state index in [1.807, 2.05) is 20.8 Å². The number of rotatable bonds is 4. The second-order valence-electron chi connectivity index (χ2n) is 5.72. The van der Waals surface area contributed by atoms with Gasteiger partial charge in [-0.05, 0) is 52.4 Å². The van der Waals surface area contributed by atoms with Crippen molar-refractivity contribution in [2.24, 2.45) is 5.41 Å². The Labute approximate surface area is 99.8 Å². The van der Waals surface area contributed by atoms with Gasteiger partial charge < -0.3 is 4.74 Å². The van der Waals surface area contributed by atoms with E-state index in [9.17, 15) is 4.79 Å². The molecule has 1 aliphatic rings. The van der Waals surface area contributed by atoms with Crippen LogP contribution in [0, 0.1) is 5.41 Å². The maximum atomic E-state index is 12.1. The zero-order chi connectivity index (χ0) is 12.2. The van der Waals surface area contributed by atoms with Crippen molar-refractivity contribution < 1.29 is 9.53 Å². The van der Waals surface area contributed by atoms with Crippen molar-refractivity contribution in [1.82, 2.24) is 0 Å². The van der Waals surface area contributed by atoms with Crippen LogP contribution < -0.4 is 0 Å². The molecule has 0 saturated heterocycles. The van der Waals surface area contributed by atoms with Crippen LogP contribution >= 0.6 is 0 Å². The van der Waals surface area contributed by atoms with Gasteiger partial charge in [0.05, 0.1) is 5.41 Å². The second-order valence-corrected chi connectivity index (χ2v) is 5.72. The van der Waals surface area contributed by atoms with E-state index in [0.717, 1.165) is 25.7 Å². The summed E-state index contributed by atoms with van der Waals surface area (Å²) < 4.78 is 5.84. The maximum absolute atomic E-state index is 12.1. The molecule has 0 unspecified atom stereocenters. The zero-order valence-corrected chi connectivity index (χ0v) is 11.3. The van der Waals surface area contributed by atoms with Gasteiger partial charge >= 0.3 is 5.97 Å². The number of carbonyl (C=O) groups excluding carboxylic acids is 1. The van der Waals surface area contributed by atoms with Crippen LogP contribution in [0.2, 0.25) is 0 Å². The Kier molecular flexibility index (Phi) is 4.40. The molecule has 0 aromatic carbocycles. The molecule has 0 radical (unpaired) electrons. The lowest BCUT2D eigenvalue weighted by atomic mass is 9.82. The molecule has 0 atom stereocenters. The Morgan fingerprint density at radius 2 is 1.75 bits per heavy atom. The molecule has 0 aromatic heterocycles. The lowest BCUT2D eigenvalue weighted by molar-refractivity contribution is -0.174. The monoisotopic (exact) mass is 226 g/mol. The van der Waals surface area contributed by atoms with Crippen LogP contribution in [0.4, 0.5) is 0 Å². The van der Waals surface area contributed by atoms with Crippen LogP contribution in [0.25, 0.3) is 0 Å². The molecule has 0 aliphatic heterocycles. The van der Waals surface area contributed by atoms with E-state index in [4.69, 9.17) is 4.74 Å². The fourth-order valence-corrected chi connectivity index (χ4v) is 2.20. The summed E-state index contributed by atoms with van der Waals surface area (Å²) in [6.45, 7) is 8.13. The van der Waals surface area contributed by atoms with E-state index in [0.29, 0.717) is 0 Å². The second kappa shape index (κ2) is 5.20. The highest BCUT2D eigenvalue weighted by Gasteiger charge is 2.38. The number of hydrogen-bond acceptors (Lipinski definition) is 2.